The van der Waals surface area contributed by atoms with Crippen molar-refractivity contribution in [1.82, 2.24) is 0 Å². The van der Waals surface area contributed by atoms with Crippen LogP contribution in [0.4, 0.5) is 0 Å². The summed E-state index contributed by atoms with van der Waals surface area (Å²) in [6, 6.07) is 13.0. The van der Waals surface area contributed by atoms with E-state index < -0.39 is 7.12 Å². The van der Waals surface area contributed by atoms with E-state index in [4.69, 9.17) is 0 Å². The molecule has 2 aromatic carbocycles. The van der Waals surface area contributed by atoms with Crippen LogP contribution in [-0.2, 0) is 5.41 Å². The van der Waals surface area contributed by atoms with Crippen molar-refractivity contribution in [3.63, 3.8) is 0 Å². The minimum absolute atomic E-state index is 0.135. The molecule has 1 aliphatic carbocycles. The van der Waals surface area contributed by atoms with E-state index in [1.54, 1.807) is 0 Å². The third kappa shape index (κ3) is 6.13. The Morgan fingerprint density at radius 1 is 0.697 bits per heavy atom. The Hall–Kier alpha value is -1.10. The first-order chi connectivity index (χ1) is 16.1. The predicted molar refractivity (Wildman–Crippen MR) is 146 cm³/mol. The molecule has 0 atom stereocenters. The molecule has 0 radical (unpaired) electrons. The van der Waals surface area contributed by atoms with E-state index in [1.165, 1.54) is 93.7 Å². The first-order valence-electron chi connectivity index (χ1n) is 13.4. The second kappa shape index (κ2) is 13.1. The van der Waals surface area contributed by atoms with Crippen LogP contribution in [0, 0.1) is 0 Å². The molecule has 1 aliphatic rings. The number of fused-ring (bicyclic) bond motifs is 3. The van der Waals surface area contributed by atoms with E-state index in [0.717, 1.165) is 22.9 Å². The van der Waals surface area contributed by atoms with Gasteiger partial charge in [-0.25, -0.2) is 0 Å². The number of rotatable bonds is 15. The maximum Gasteiger partial charge on any atom is 0.489 e. The first kappa shape index (κ1) is 26.5. The lowest BCUT2D eigenvalue weighted by molar-refractivity contribution is 0.394. The fourth-order valence-electron chi connectivity index (χ4n) is 5.92. The average molecular weight is 513 g/mol. The molecule has 2 nitrogen and oxygen atoms in total. The van der Waals surface area contributed by atoms with Gasteiger partial charge >= 0.3 is 7.12 Å². The molecule has 2 aromatic rings. The van der Waals surface area contributed by atoms with Gasteiger partial charge in [-0.3, -0.25) is 0 Å². The average Bonchev–Trinajstić information content (AvgIpc) is 3.08. The van der Waals surface area contributed by atoms with Crippen molar-refractivity contribution in [3.8, 4) is 11.1 Å². The highest BCUT2D eigenvalue weighted by Crippen LogP contribution is 2.54. The van der Waals surface area contributed by atoms with E-state index >= 15 is 0 Å². The minimum Gasteiger partial charge on any atom is -0.423 e. The maximum absolute atomic E-state index is 10.4. The summed E-state index contributed by atoms with van der Waals surface area (Å²) in [4.78, 5) is 0. The first-order valence-corrected chi connectivity index (χ1v) is 14.1. The molecule has 180 valence electrons. The molecule has 0 bridgehead atoms. The minimum atomic E-state index is -1.47. The highest BCUT2D eigenvalue weighted by atomic mass is 79.9. The van der Waals surface area contributed by atoms with Crippen LogP contribution in [0.5, 0.6) is 0 Å². The van der Waals surface area contributed by atoms with Crippen LogP contribution >= 0.6 is 15.9 Å². The normalized spacial score (nSPS) is 13.7. The van der Waals surface area contributed by atoms with E-state index in [9.17, 15) is 10.0 Å². The van der Waals surface area contributed by atoms with Gasteiger partial charge in [-0.2, -0.15) is 0 Å². The van der Waals surface area contributed by atoms with Gasteiger partial charge < -0.3 is 10.0 Å². The zero-order valence-electron chi connectivity index (χ0n) is 20.7. The summed E-state index contributed by atoms with van der Waals surface area (Å²) >= 11 is 3.65. The summed E-state index contributed by atoms with van der Waals surface area (Å²) in [6.07, 6.45) is 17.4. The van der Waals surface area contributed by atoms with Gasteiger partial charge in [0.1, 0.15) is 0 Å². The summed E-state index contributed by atoms with van der Waals surface area (Å²) < 4.78 is 0.805. The van der Waals surface area contributed by atoms with Crippen molar-refractivity contribution in [2.45, 2.75) is 109 Å². The molecule has 0 amide bonds. The van der Waals surface area contributed by atoms with Crippen LogP contribution in [-0.4, -0.2) is 17.2 Å². The largest absolute Gasteiger partial charge is 0.489 e. The summed E-state index contributed by atoms with van der Waals surface area (Å²) in [5, 5.41) is 20.9. The SMILES string of the molecule is CCCCCCCCC1(CCCCCCCC)c2ccccc2-c2ccc(Br)c(B(O)O)c21. The quantitative estimate of drug-likeness (QED) is 0.188. The van der Waals surface area contributed by atoms with Crippen molar-refractivity contribution in [3.05, 3.63) is 52.0 Å². The Morgan fingerprint density at radius 2 is 1.24 bits per heavy atom. The zero-order chi connectivity index (χ0) is 23.7. The van der Waals surface area contributed by atoms with Gasteiger partial charge in [0, 0.05) is 15.4 Å². The molecule has 0 unspecified atom stereocenters. The monoisotopic (exact) mass is 512 g/mol. The van der Waals surface area contributed by atoms with Crippen LogP contribution in [0.1, 0.15) is 115 Å². The summed E-state index contributed by atoms with van der Waals surface area (Å²) in [6.45, 7) is 4.53. The van der Waals surface area contributed by atoms with Crippen molar-refractivity contribution < 1.29 is 10.0 Å². The third-order valence-corrected chi connectivity index (χ3v) is 8.27. The highest BCUT2D eigenvalue weighted by Gasteiger charge is 2.45. The predicted octanol–water partition coefficient (Wildman–Crippen LogP) is 7.90. The lowest BCUT2D eigenvalue weighted by Gasteiger charge is -2.34. The molecular formula is C29H42BBrO2. The lowest BCUT2D eigenvalue weighted by atomic mass is 9.64. The Labute approximate surface area is 210 Å². The molecule has 3 rings (SSSR count). The van der Waals surface area contributed by atoms with Crippen LogP contribution in [0.2, 0.25) is 0 Å². The second-order valence-corrected chi connectivity index (χ2v) is 10.8. The zero-order valence-corrected chi connectivity index (χ0v) is 22.3. The summed E-state index contributed by atoms with van der Waals surface area (Å²) in [7, 11) is -1.47. The summed E-state index contributed by atoms with van der Waals surface area (Å²) in [5.41, 5.74) is 5.55. The fourth-order valence-corrected chi connectivity index (χ4v) is 6.45. The third-order valence-electron chi connectivity index (χ3n) is 7.58. The van der Waals surface area contributed by atoms with Gasteiger partial charge in [0.15, 0.2) is 0 Å². The van der Waals surface area contributed by atoms with Gasteiger partial charge in [0.05, 0.1) is 0 Å². The molecule has 0 heterocycles. The highest BCUT2D eigenvalue weighted by molar-refractivity contribution is 9.10. The molecule has 4 heteroatoms. The molecule has 0 saturated heterocycles. The van der Waals surface area contributed by atoms with Gasteiger partial charge in [-0.05, 0) is 41.2 Å². The number of hydrogen-bond acceptors (Lipinski definition) is 2. The molecule has 0 aromatic heterocycles. The van der Waals surface area contributed by atoms with Crippen LogP contribution in [0.25, 0.3) is 11.1 Å². The van der Waals surface area contributed by atoms with Gasteiger partial charge in [-0.15, -0.1) is 0 Å². The fraction of sp³-hybridized carbons (Fsp3) is 0.586. The molecule has 0 spiro atoms. The number of halogens is 1. The van der Waals surface area contributed by atoms with Crippen molar-refractivity contribution in [1.29, 1.82) is 0 Å². The second-order valence-electron chi connectivity index (χ2n) is 9.92. The Morgan fingerprint density at radius 3 is 1.82 bits per heavy atom. The van der Waals surface area contributed by atoms with E-state index in [1.807, 2.05) is 6.07 Å². The standard InChI is InChI=1S/C29H42BBrO2/c1-3-5-7-9-11-15-21-29(22-16-12-10-8-6-4-2)25-18-14-13-17-23(25)24-19-20-26(31)28(27(24)29)30(32)33/h13-14,17-20,32-33H,3-12,15-16,21-22H2,1-2H3. The van der Waals surface area contributed by atoms with Crippen LogP contribution < -0.4 is 5.46 Å². The van der Waals surface area contributed by atoms with Gasteiger partial charge in [0.25, 0.3) is 0 Å². The number of benzene rings is 2. The molecule has 2 N–H and O–H groups in total. The van der Waals surface area contributed by atoms with Gasteiger partial charge in [-0.1, -0.05) is 137 Å². The molecule has 0 fully saturated rings. The maximum atomic E-state index is 10.4. The van der Waals surface area contributed by atoms with E-state index in [2.05, 4.69) is 60.1 Å². The lowest BCUT2D eigenvalue weighted by Crippen LogP contribution is -2.40. The smallest absolute Gasteiger partial charge is 0.423 e. The van der Waals surface area contributed by atoms with Crippen molar-refractivity contribution >= 4 is 28.5 Å². The van der Waals surface area contributed by atoms with Crippen molar-refractivity contribution in [2.24, 2.45) is 0 Å². The Kier molecular flexibility index (Phi) is 10.5. The van der Waals surface area contributed by atoms with Crippen molar-refractivity contribution in [2.75, 3.05) is 0 Å². The summed E-state index contributed by atoms with van der Waals surface area (Å²) in [5.74, 6) is 0. The topological polar surface area (TPSA) is 40.5 Å². The van der Waals surface area contributed by atoms with Crippen LogP contribution in [0.3, 0.4) is 0 Å². The van der Waals surface area contributed by atoms with E-state index in [0.29, 0.717) is 5.46 Å². The number of unbranched alkanes of at least 4 members (excludes halogenated alkanes) is 10. The molecule has 0 aliphatic heterocycles. The molecule has 33 heavy (non-hydrogen) atoms. The van der Waals surface area contributed by atoms with Crippen LogP contribution in [0.15, 0.2) is 40.9 Å². The molecule has 0 saturated carbocycles. The molecular weight excluding hydrogens is 471 g/mol. The number of hydrogen-bond donors (Lipinski definition) is 2. The van der Waals surface area contributed by atoms with E-state index in [-0.39, 0.29) is 5.41 Å². The Balaban J connectivity index is 1.95. The van der Waals surface area contributed by atoms with Gasteiger partial charge in [0.2, 0.25) is 0 Å². The Bertz CT molecular complexity index is 864.